The lowest BCUT2D eigenvalue weighted by molar-refractivity contribution is -0.124. The first-order valence-corrected chi connectivity index (χ1v) is 11.7. The summed E-state index contributed by atoms with van der Waals surface area (Å²) in [5.41, 5.74) is 1.08. The fourth-order valence-corrected chi connectivity index (χ4v) is 3.68. The maximum Gasteiger partial charge on any atom is 0.193 e. The van der Waals surface area contributed by atoms with Crippen molar-refractivity contribution in [2.75, 3.05) is 7.11 Å². The zero-order valence-corrected chi connectivity index (χ0v) is 17.2. The predicted molar refractivity (Wildman–Crippen MR) is 102 cm³/mol. The largest absolute Gasteiger partial charge is 0.497 e. The molecule has 0 amide bonds. The summed E-state index contributed by atoms with van der Waals surface area (Å²) in [5.74, 6) is 0.879. The van der Waals surface area contributed by atoms with Crippen LogP contribution in [0.4, 0.5) is 0 Å². The van der Waals surface area contributed by atoms with Crippen LogP contribution in [0.1, 0.15) is 32.8 Å². The van der Waals surface area contributed by atoms with Crippen LogP contribution < -0.4 is 4.74 Å². The van der Waals surface area contributed by atoms with E-state index in [4.69, 9.17) is 13.9 Å². The van der Waals surface area contributed by atoms with Crippen molar-refractivity contribution in [1.29, 1.82) is 0 Å². The Labute approximate surface area is 152 Å². The molecular formula is C20H30O4Si. The van der Waals surface area contributed by atoms with Gasteiger partial charge >= 0.3 is 0 Å². The van der Waals surface area contributed by atoms with Gasteiger partial charge in [0.05, 0.1) is 19.8 Å². The van der Waals surface area contributed by atoms with E-state index in [0.29, 0.717) is 13.0 Å². The Morgan fingerprint density at radius 3 is 2.36 bits per heavy atom. The molecule has 0 bridgehead atoms. The second kappa shape index (κ2) is 7.85. The first-order valence-electron chi connectivity index (χ1n) is 8.77. The Kier molecular flexibility index (Phi) is 6.24. The summed E-state index contributed by atoms with van der Waals surface area (Å²) in [6, 6.07) is 7.81. The van der Waals surface area contributed by atoms with E-state index < -0.39 is 14.4 Å². The molecule has 1 aliphatic carbocycles. The van der Waals surface area contributed by atoms with Crippen LogP contribution in [-0.4, -0.2) is 33.4 Å². The van der Waals surface area contributed by atoms with Crippen LogP contribution >= 0.6 is 0 Å². The highest BCUT2D eigenvalue weighted by Crippen LogP contribution is 2.38. The van der Waals surface area contributed by atoms with E-state index in [9.17, 15) is 4.79 Å². The minimum atomic E-state index is -1.99. The number of methoxy groups -OCH3 is 1. The van der Waals surface area contributed by atoms with Crippen molar-refractivity contribution in [2.45, 2.75) is 64.1 Å². The van der Waals surface area contributed by atoms with E-state index in [1.807, 2.05) is 30.3 Å². The molecule has 25 heavy (non-hydrogen) atoms. The summed E-state index contributed by atoms with van der Waals surface area (Å²) in [7, 11) is -0.335. The van der Waals surface area contributed by atoms with Crippen molar-refractivity contribution in [3.8, 4) is 5.75 Å². The third kappa shape index (κ3) is 5.27. The van der Waals surface area contributed by atoms with Crippen molar-refractivity contribution < 1.29 is 18.7 Å². The zero-order chi connectivity index (χ0) is 18.7. The standard InChI is InChI=1S/C20H30O4Si/c1-20(2,3)25(5,6)24-19-13-17(11-12-18(19)21)23-14-15-7-9-16(22-4)10-8-15/h7-12,17,19H,13-14H2,1-6H3/t17-,19+/m1/s1. The lowest BCUT2D eigenvalue weighted by Crippen LogP contribution is -2.47. The molecule has 0 aromatic heterocycles. The molecule has 0 aliphatic heterocycles. The van der Waals surface area contributed by atoms with Crippen molar-refractivity contribution in [1.82, 2.24) is 0 Å². The Morgan fingerprint density at radius 2 is 1.80 bits per heavy atom. The van der Waals surface area contributed by atoms with Gasteiger partial charge in [-0.15, -0.1) is 0 Å². The Morgan fingerprint density at radius 1 is 1.16 bits per heavy atom. The molecule has 138 valence electrons. The predicted octanol–water partition coefficient (Wildman–Crippen LogP) is 4.50. The third-order valence-corrected chi connectivity index (χ3v) is 9.59. The van der Waals surface area contributed by atoms with Crippen molar-refractivity contribution >= 4 is 14.1 Å². The molecule has 0 saturated carbocycles. The lowest BCUT2D eigenvalue weighted by atomic mass is 10.0. The molecule has 1 aromatic rings. The summed E-state index contributed by atoms with van der Waals surface area (Å²) in [5, 5.41) is 0.0773. The van der Waals surface area contributed by atoms with Gasteiger partial charge in [-0.3, -0.25) is 4.79 Å². The molecular weight excluding hydrogens is 332 g/mol. The number of carbonyl (C=O) groups is 1. The maximum absolute atomic E-state index is 12.2. The molecule has 0 heterocycles. The molecule has 1 aliphatic rings. The highest BCUT2D eigenvalue weighted by atomic mass is 28.4. The van der Waals surface area contributed by atoms with Gasteiger partial charge in [0.2, 0.25) is 0 Å². The van der Waals surface area contributed by atoms with E-state index in [0.717, 1.165) is 11.3 Å². The molecule has 2 rings (SSSR count). The molecule has 0 radical (unpaired) electrons. The Hall–Kier alpha value is -1.43. The number of hydrogen-bond donors (Lipinski definition) is 0. The molecule has 0 N–H and O–H groups in total. The highest BCUT2D eigenvalue weighted by Gasteiger charge is 2.41. The average molecular weight is 363 g/mol. The fraction of sp³-hybridized carbons (Fsp3) is 0.550. The molecule has 4 nitrogen and oxygen atoms in total. The molecule has 5 heteroatoms. The van der Waals surface area contributed by atoms with Crippen LogP contribution in [0.3, 0.4) is 0 Å². The second-order valence-electron chi connectivity index (χ2n) is 8.06. The van der Waals surface area contributed by atoms with Gasteiger partial charge in [-0.25, -0.2) is 0 Å². The Bertz CT molecular complexity index is 614. The van der Waals surface area contributed by atoms with Crippen molar-refractivity contribution in [3.05, 3.63) is 42.0 Å². The van der Waals surface area contributed by atoms with Crippen LogP contribution in [0.2, 0.25) is 18.1 Å². The lowest BCUT2D eigenvalue weighted by Gasteiger charge is -2.39. The molecule has 1 aromatic carbocycles. The number of ether oxygens (including phenoxy) is 2. The molecule has 0 fully saturated rings. The van der Waals surface area contributed by atoms with Crippen LogP contribution in [0.25, 0.3) is 0 Å². The van der Waals surface area contributed by atoms with Crippen molar-refractivity contribution in [2.24, 2.45) is 0 Å². The summed E-state index contributed by atoms with van der Waals surface area (Å²) in [6.07, 6.45) is 3.54. The fourth-order valence-electron chi connectivity index (χ4n) is 2.40. The normalized spacial score (nSPS) is 21.4. The average Bonchev–Trinajstić information content (AvgIpc) is 2.55. The first kappa shape index (κ1) is 19.9. The van der Waals surface area contributed by atoms with Gasteiger partial charge in [0, 0.05) is 6.42 Å². The summed E-state index contributed by atoms with van der Waals surface area (Å²) in [6.45, 7) is 11.4. The van der Waals surface area contributed by atoms with E-state index in [1.54, 1.807) is 13.2 Å². The highest BCUT2D eigenvalue weighted by molar-refractivity contribution is 6.74. The maximum atomic E-state index is 12.2. The molecule has 0 saturated heterocycles. The van der Waals surface area contributed by atoms with E-state index in [-0.39, 0.29) is 16.9 Å². The minimum Gasteiger partial charge on any atom is -0.497 e. The topological polar surface area (TPSA) is 44.8 Å². The van der Waals surface area contributed by atoms with E-state index >= 15 is 0 Å². The van der Waals surface area contributed by atoms with Gasteiger partial charge < -0.3 is 13.9 Å². The first-order chi connectivity index (χ1) is 11.6. The van der Waals surface area contributed by atoms with Crippen LogP contribution in [-0.2, 0) is 20.6 Å². The molecule has 2 atom stereocenters. The van der Waals surface area contributed by atoms with Gasteiger partial charge in [-0.05, 0) is 41.9 Å². The number of rotatable bonds is 6. The van der Waals surface area contributed by atoms with Crippen LogP contribution in [0.15, 0.2) is 36.4 Å². The quantitative estimate of drug-likeness (QED) is 0.699. The summed E-state index contributed by atoms with van der Waals surface area (Å²) >= 11 is 0. The third-order valence-electron chi connectivity index (χ3n) is 5.11. The number of ketones is 1. The smallest absolute Gasteiger partial charge is 0.193 e. The Balaban J connectivity index is 1.95. The van der Waals surface area contributed by atoms with E-state index in [2.05, 4.69) is 33.9 Å². The van der Waals surface area contributed by atoms with Gasteiger partial charge in [-0.1, -0.05) is 39.0 Å². The minimum absolute atomic E-state index is 0.0501. The van der Waals surface area contributed by atoms with Crippen LogP contribution in [0, 0.1) is 0 Å². The van der Waals surface area contributed by atoms with Crippen molar-refractivity contribution in [3.63, 3.8) is 0 Å². The van der Waals surface area contributed by atoms with Gasteiger partial charge in [0.1, 0.15) is 11.9 Å². The number of hydrogen-bond acceptors (Lipinski definition) is 4. The number of carbonyl (C=O) groups excluding carboxylic acids is 1. The van der Waals surface area contributed by atoms with Gasteiger partial charge in [-0.2, -0.15) is 0 Å². The molecule has 0 spiro atoms. The van der Waals surface area contributed by atoms with E-state index in [1.165, 1.54) is 0 Å². The molecule has 0 unspecified atom stereocenters. The number of benzene rings is 1. The SMILES string of the molecule is COc1ccc(CO[C@@H]2C=CC(=O)[C@@H](O[Si](C)(C)C(C)(C)C)C2)cc1. The second-order valence-corrected chi connectivity index (χ2v) is 12.8. The van der Waals surface area contributed by atoms with Gasteiger partial charge in [0.15, 0.2) is 14.1 Å². The summed E-state index contributed by atoms with van der Waals surface area (Å²) in [4.78, 5) is 12.2. The van der Waals surface area contributed by atoms with Crippen LogP contribution in [0.5, 0.6) is 5.75 Å². The monoisotopic (exact) mass is 362 g/mol. The zero-order valence-electron chi connectivity index (χ0n) is 16.2. The summed E-state index contributed by atoms with van der Waals surface area (Å²) < 4.78 is 17.4. The van der Waals surface area contributed by atoms with Gasteiger partial charge in [0.25, 0.3) is 0 Å².